The minimum Gasteiger partial charge on any atom is -0.449 e. The number of carbonyl (C=O) groups is 4. The number of hydrogen-bond acceptors (Lipinski definition) is 8. The Bertz CT molecular complexity index is 1380. The molecule has 1 aliphatic rings. The smallest absolute Gasteiger partial charge is 0.341 e. The number of nitrogens with two attached hydrogens (primary N) is 1. The molecular formula is C24H17N3O7. The van der Waals surface area contributed by atoms with Gasteiger partial charge in [0.25, 0.3) is 11.6 Å². The number of nitrogens with zero attached hydrogens (tertiary/aromatic N) is 1. The van der Waals surface area contributed by atoms with Crippen molar-refractivity contribution in [1.82, 2.24) is 0 Å². The van der Waals surface area contributed by atoms with Crippen LogP contribution in [0.2, 0.25) is 0 Å². The molecule has 1 atom stereocenters. The summed E-state index contributed by atoms with van der Waals surface area (Å²) in [4.78, 5) is 61.0. The maximum atomic E-state index is 13.0. The third-order valence-electron chi connectivity index (χ3n) is 5.35. The van der Waals surface area contributed by atoms with E-state index in [-0.39, 0.29) is 50.7 Å². The van der Waals surface area contributed by atoms with Crippen LogP contribution in [0.3, 0.4) is 0 Å². The molecule has 1 unspecified atom stereocenters. The number of fused-ring (bicyclic) bond motifs is 2. The minimum atomic E-state index is -1.25. The first-order chi connectivity index (χ1) is 16.2. The summed E-state index contributed by atoms with van der Waals surface area (Å²) in [5.74, 6) is -2.50. The Kier molecular flexibility index (Phi) is 5.64. The van der Waals surface area contributed by atoms with Crippen molar-refractivity contribution in [2.75, 3.05) is 11.1 Å². The number of carbonyl (C=O) groups excluding carboxylic acids is 4. The molecule has 0 radical (unpaired) electrons. The summed E-state index contributed by atoms with van der Waals surface area (Å²) in [6, 6.07) is 14.0. The molecule has 10 heteroatoms. The lowest BCUT2D eigenvalue weighted by atomic mass is 9.82. The van der Waals surface area contributed by atoms with Gasteiger partial charge in [-0.05, 0) is 31.2 Å². The van der Waals surface area contributed by atoms with Crippen LogP contribution in [0.5, 0.6) is 0 Å². The summed E-state index contributed by atoms with van der Waals surface area (Å²) in [7, 11) is 0. The van der Waals surface area contributed by atoms with Crippen LogP contribution < -0.4 is 11.1 Å². The van der Waals surface area contributed by atoms with E-state index in [0.717, 1.165) is 0 Å². The van der Waals surface area contributed by atoms with E-state index < -0.39 is 28.7 Å². The van der Waals surface area contributed by atoms with E-state index in [4.69, 9.17) is 10.5 Å². The molecule has 3 aromatic rings. The van der Waals surface area contributed by atoms with Crippen LogP contribution in [-0.2, 0) is 9.53 Å². The molecule has 3 aromatic carbocycles. The molecule has 0 saturated heterocycles. The number of benzene rings is 3. The van der Waals surface area contributed by atoms with Crippen LogP contribution >= 0.6 is 0 Å². The van der Waals surface area contributed by atoms with Gasteiger partial charge in [-0.2, -0.15) is 0 Å². The molecule has 0 saturated carbocycles. The Morgan fingerprint density at radius 1 is 0.941 bits per heavy atom. The lowest BCUT2D eigenvalue weighted by Crippen LogP contribution is -2.30. The minimum absolute atomic E-state index is 0.0823. The maximum absolute atomic E-state index is 13.0. The van der Waals surface area contributed by atoms with Gasteiger partial charge in [-0.3, -0.25) is 24.5 Å². The highest BCUT2D eigenvalue weighted by molar-refractivity contribution is 6.30. The van der Waals surface area contributed by atoms with Gasteiger partial charge >= 0.3 is 5.97 Å². The fourth-order valence-electron chi connectivity index (χ4n) is 3.58. The monoisotopic (exact) mass is 459 g/mol. The van der Waals surface area contributed by atoms with Gasteiger partial charge in [0.05, 0.1) is 21.7 Å². The Morgan fingerprint density at radius 3 is 2.18 bits per heavy atom. The van der Waals surface area contributed by atoms with E-state index >= 15 is 0 Å². The quantitative estimate of drug-likeness (QED) is 0.199. The molecule has 10 nitrogen and oxygen atoms in total. The topological polar surface area (TPSA) is 159 Å². The van der Waals surface area contributed by atoms with E-state index in [2.05, 4.69) is 5.32 Å². The Hall–Kier alpha value is -4.86. The van der Waals surface area contributed by atoms with Crippen LogP contribution in [0.15, 0.2) is 60.7 Å². The second kappa shape index (κ2) is 8.58. The normalized spacial score (nSPS) is 12.9. The molecule has 3 N–H and O–H groups in total. The largest absolute Gasteiger partial charge is 0.449 e. The molecule has 4 rings (SSSR count). The third-order valence-corrected chi connectivity index (χ3v) is 5.35. The van der Waals surface area contributed by atoms with Crippen molar-refractivity contribution in [3.8, 4) is 0 Å². The van der Waals surface area contributed by atoms with Gasteiger partial charge in [0.15, 0.2) is 17.7 Å². The van der Waals surface area contributed by atoms with E-state index in [1.54, 1.807) is 18.2 Å². The second-order valence-corrected chi connectivity index (χ2v) is 7.49. The number of ether oxygens (including phenoxy) is 1. The molecule has 170 valence electrons. The van der Waals surface area contributed by atoms with E-state index in [1.807, 2.05) is 0 Å². The summed E-state index contributed by atoms with van der Waals surface area (Å²) in [5.41, 5.74) is 6.31. The van der Waals surface area contributed by atoms with Gasteiger partial charge in [0.2, 0.25) is 0 Å². The van der Waals surface area contributed by atoms with Crippen LogP contribution in [0, 0.1) is 10.1 Å². The highest BCUT2D eigenvalue weighted by Crippen LogP contribution is 2.33. The van der Waals surface area contributed by atoms with Gasteiger partial charge in [-0.25, -0.2) is 4.79 Å². The average Bonchev–Trinajstić information content (AvgIpc) is 2.82. The van der Waals surface area contributed by atoms with Gasteiger partial charge < -0.3 is 15.8 Å². The number of nitro groups is 1. The first-order valence-electron chi connectivity index (χ1n) is 10.1. The molecule has 34 heavy (non-hydrogen) atoms. The Balaban J connectivity index is 1.52. The van der Waals surface area contributed by atoms with Crippen molar-refractivity contribution in [3.63, 3.8) is 0 Å². The molecule has 0 aromatic heterocycles. The van der Waals surface area contributed by atoms with Gasteiger partial charge in [-0.1, -0.05) is 24.3 Å². The molecule has 0 aliphatic heterocycles. The van der Waals surface area contributed by atoms with Crippen molar-refractivity contribution < 1.29 is 28.8 Å². The predicted molar refractivity (Wildman–Crippen MR) is 121 cm³/mol. The van der Waals surface area contributed by atoms with Crippen LogP contribution in [0.1, 0.15) is 49.1 Å². The van der Waals surface area contributed by atoms with Crippen molar-refractivity contribution >= 4 is 40.5 Å². The standard InChI is InChI=1S/C24H17N3O7/c1-12(23(30)26-13-6-8-14(9-7-13)27(32)33)34-24(31)18-11-10-17-19(20(18)25)22(29)16-5-3-2-4-15(16)21(17)28/h2-12H,25H2,1H3,(H,26,30). The zero-order chi connectivity index (χ0) is 24.6. The number of nitrogens with one attached hydrogen (secondary N) is 1. The van der Waals surface area contributed by atoms with Crippen molar-refractivity contribution in [3.05, 3.63) is 98.6 Å². The Morgan fingerprint density at radius 2 is 1.56 bits per heavy atom. The van der Waals surface area contributed by atoms with E-state index in [1.165, 1.54) is 49.4 Å². The lowest BCUT2D eigenvalue weighted by Gasteiger charge is -2.20. The molecule has 0 bridgehead atoms. The molecule has 0 spiro atoms. The van der Waals surface area contributed by atoms with Crippen LogP contribution in [-0.4, -0.2) is 34.5 Å². The van der Waals surface area contributed by atoms with Gasteiger partial charge in [0, 0.05) is 34.5 Å². The number of non-ortho nitro benzene ring substituents is 1. The first-order valence-corrected chi connectivity index (χ1v) is 10.1. The number of esters is 1. The number of nitrogen functional groups attached to an aromatic ring is 1. The van der Waals surface area contributed by atoms with Crippen molar-refractivity contribution in [2.45, 2.75) is 13.0 Å². The zero-order valence-corrected chi connectivity index (χ0v) is 17.7. The molecule has 1 amide bonds. The summed E-state index contributed by atoms with van der Waals surface area (Å²) < 4.78 is 5.20. The number of rotatable bonds is 5. The number of amides is 1. The fourth-order valence-corrected chi connectivity index (χ4v) is 3.58. The van der Waals surface area contributed by atoms with E-state index in [9.17, 15) is 29.3 Å². The van der Waals surface area contributed by atoms with Crippen molar-refractivity contribution in [2.24, 2.45) is 0 Å². The van der Waals surface area contributed by atoms with Gasteiger partial charge in [-0.15, -0.1) is 0 Å². The summed E-state index contributed by atoms with van der Waals surface area (Å²) in [6.07, 6.45) is -1.25. The highest BCUT2D eigenvalue weighted by Gasteiger charge is 2.33. The summed E-state index contributed by atoms with van der Waals surface area (Å²) in [5, 5.41) is 13.2. The Labute approximate surface area is 192 Å². The van der Waals surface area contributed by atoms with Gasteiger partial charge in [0.1, 0.15) is 0 Å². The highest BCUT2D eigenvalue weighted by atomic mass is 16.6. The van der Waals surface area contributed by atoms with Crippen molar-refractivity contribution in [1.29, 1.82) is 0 Å². The summed E-state index contributed by atoms with van der Waals surface area (Å²) >= 11 is 0. The SMILES string of the molecule is CC(OC(=O)c1ccc2c(c1N)C(=O)c1ccccc1C2=O)C(=O)Nc1ccc([N+](=O)[O-])cc1. The average molecular weight is 459 g/mol. The second-order valence-electron chi connectivity index (χ2n) is 7.49. The van der Waals surface area contributed by atoms with E-state index in [0.29, 0.717) is 0 Å². The maximum Gasteiger partial charge on any atom is 0.341 e. The molecular weight excluding hydrogens is 442 g/mol. The number of hydrogen-bond donors (Lipinski definition) is 2. The predicted octanol–water partition coefficient (Wildman–Crippen LogP) is 3.14. The molecule has 0 heterocycles. The van der Waals surface area contributed by atoms with Crippen LogP contribution in [0.4, 0.5) is 17.1 Å². The molecule has 0 fully saturated rings. The zero-order valence-electron chi connectivity index (χ0n) is 17.7. The number of anilines is 2. The number of nitro benzene ring substituents is 1. The first kappa shape index (κ1) is 22.3. The van der Waals surface area contributed by atoms with Crippen LogP contribution in [0.25, 0.3) is 0 Å². The third kappa shape index (κ3) is 3.88. The molecule has 1 aliphatic carbocycles. The summed E-state index contributed by atoms with van der Waals surface area (Å²) in [6.45, 7) is 1.33. The fraction of sp³-hybridized carbons (Fsp3) is 0.0833. The number of ketones is 2. The lowest BCUT2D eigenvalue weighted by molar-refractivity contribution is -0.384.